The molecule has 0 heterocycles. The van der Waals surface area contributed by atoms with Crippen molar-refractivity contribution in [1.29, 1.82) is 0 Å². The number of hydrogen-bond acceptors (Lipinski definition) is 2. The van der Waals surface area contributed by atoms with Crippen molar-refractivity contribution < 1.29 is 4.74 Å². The summed E-state index contributed by atoms with van der Waals surface area (Å²) in [4.78, 5) is 0. The first-order chi connectivity index (χ1) is 6.29. The van der Waals surface area contributed by atoms with E-state index in [1.165, 1.54) is 11.1 Å². The molecule has 0 fully saturated rings. The van der Waals surface area contributed by atoms with Crippen LogP contribution in [0.3, 0.4) is 0 Å². The van der Waals surface area contributed by atoms with Crippen molar-refractivity contribution in [2.75, 3.05) is 13.2 Å². The lowest BCUT2D eigenvalue weighted by molar-refractivity contribution is 0.323. The van der Waals surface area contributed by atoms with Gasteiger partial charge in [-0.2, -0.15) is 0 Å². The van der Waals surface area contributed by atoms with Crippen molar-refractivity contribution in [3.63, 3.8) is 0 Å². The van der Waals surface area contributed by atoms with E-state index in [4.69, 9.17) is 10.5 Å². The van der Waals surface area contributed by atoms with Crippen molar-refractivity contribution in [2.45, 2.75) is 20.3 Å². The van der Waals surface area contributed by atoms with E-state index < -0.39 is 0 Å². The highest BCUT2D eigenvalue weighted by Crippen LogP contribution is 2.23. The molecule has 72 valence electrons. The lowest BCUT2D eigenvalue weighted by Gasteiger charge is -2.11. The predicted octanol–water partition coefficient (Wildman–Crippen LogP) is 1.89. The fourth-order valence-corrected chi connectivity index (χ4v) is 1.36. The Kier molecular flexibility index (Phi) is 3.77. The van der Waals surface area contributed by atoms with Gasteiger partial charge in [-0.1, -0.05) is 25.1 Å². The Morgan fingerprint density at radius 3 is 2.77 bits per heavy atom. The zero-order chi connectivity index (χ0) is 9.68. The van der Waals surface area contributed by atoms with Crippen LogP contribution in [0.5, 0.6) is 5.75 Å². The van der Waals surface area contributed by atoms with Crippen molar-refractivity contribution >= 4 is 0 Å². The molecule has 2 nitrogen and oxygen atoms in total. The van der Waals surface area contributed by atoms with Crippen molar-refractivity contribution in [3.05, 3.63) is 29.3 Å². The van der Waals surface area contributed by atoms with E-state index in [9.17, 15) is 0 Å². The molecule has 1 aromatic carbocycles. The number of ether oxygens (including phenoxy) is 1. The molecule has 0 aromatic heterocycles. The molecule has 0 amide bonds. The minimum absolute atomic E-state index is 0.567. The second-order valence-electron chi connectivity index (χ2n) is 3.05. The smallest absolute Gasteiger partial charge is 0.125 e. The summed E-state index contributed by atoms with van der Waals surface area (Å²) in [5.74, 6) is 1.01. The Morgan fingerprint density at radius 1 is 1.38 bits per heavy atom. The lowest BCUT2D eigenvalue weighted by atomic mass is 10.1. The minimum atomic E-state index is 0.567. The third-order valence-electron chi connectivity index (χ3n) is 2.04. The molecule has 0 saturated heterocycles. The number of benzene rings is 1. The largest absolute Gasteiger partial charge is 0.492 e. The number of rotatable bonds is 4. The molecule has 0 aliphatic rings. The van der Waals surface area contributed by atoms with E-state index in [1.807, 2.05) is 0 Å². The van der Waals surface area contributed by atoms with Crippen LogP contribution in [0.1, 0.15) is 18.1 Å². The second-order valence-corrected chi connectivity index (χ2v) is 3.05. The minimum Gasteiger partial charge on any atom is -0.492 e. The molecule has 2 N–H and O–H groups in total. The summed E-state index contributed by atoms with van der Waals surface area (Å²) in [6.45, 7) is 5.35. The van der Waals surface area contributed by atoms with Gasteiger partial charge in [-0.25, -0.2) is 0 Å². The van der Waals surface area contributed by atoms with E-state index in [0.29, 0.717) is 13.2 Å². The Balaban J connectivity index is 2.87. The van der Waals surface area contributed by atoms with Gasteiger partial charge in [0.15, 0.2) is 0 Å². The van der Waals surface area contributed by atoms with E-state index in [0.717, 1.165) is 12.2 Å². The van der Waals surface area contributed by atoms with E-state index in [2.05, 4.69) is 32.0 Å². The highest BCUT2D eigenvalue weighted by molar-refractivity contribution is 5.40. The van der Waals surface area contributed by atoms with Crippen molar-refractivity contribution in [1.82, 2.24) is 0 Å². The zero-order valence-corrected chi connectivity index (χ0v) is 8.34. The molecule has 0 radical (unpaired) electrons. The summed E-state index contributed by atoms with van der Waals surface area (Å²) in [5.41, 5.74) is 7.84. The number of nitrogens with two attached hydrogens (primary N) is 1. The first-order valence-corrected chi connectivity index (χ1v) is 4.71. The molecule has 0 aliphatic heterocycles. The Bertz CT molecular complexity index is 271. The maximum absolute atomic E-state index is 5.58. The number of aryl methyl sites for hydroxylation is 2. The molecule has 0 aliphatic carbocycles. The van der Waals surface area contributed by atoms with Gasteiger partial charge in [0.25, 0.3) is 0 Å². The highest BCUT2D eigenvalue weighted by Gasteiger charge is 2.03. The van der Waals surface area contributed by atoms with Crippen LogP contribution < -0.4 is 10.5 Å². The molecule has 2 heteroatoms. The van der Waals surface area contributed by atoms with E-state index in [-0.39, 0.29) is 0 Å². The third kappa shape index (κ3) is 2.46. The van der Waals surface area contributed by atoms with E-state index in [1.54, 1.807) is 0 Å². The standard InChI is InChI=1S/C11H17NO/c1-3-10-6-4-5-9(2)11(10)13-8-7-12/h4-6H,3,7-8,12H2,1-2H3. The fraction of sp³-hybridized carbons (Fsp3) is 0.455. The monoisotopic (exact) mass is 179 g/mol. The van der Waals surface area contributed by atoms with Crippen LogP contribution >= 0.6 is 0 Å². The van der Waals surface area contributed by atoms with Crippen LogP contribution in [-0.4, -0.2) is 13.2 Å². The maximum Gasteiger partial charge on any atom is 0.125 e. The van der Waals surface area contributed by atoms with Gasteiger partial charge in [-0.3, -0.25) is 0 Å². The zero-order valence-electron chi connectivity index (χ0n) is 8.34. The van der Waals surface area contributed by atoms with E-state index >= 15 is 0 Å². The summed E-state index contributed by atoms with van der Waals surface area (Å²) in [5, 5.41) is 0. The lowest BCUT2D eigenvalue weighted by Crippen LogP contribution is -2.12. The Hall–Kier alpha value is -1.02. The molecular weight excluding hydrogens is 162 g/mol. The van der Waals surface area contributed by atoms with Crippen LogP contribution in [0.15, 0.2) is 18.2 Å². The summed E-state index contributed by atoms with van der Waals surface area (Å²) in [7, 11) is 0. The van der Waals surface area contributed by atoms with Crippen LogP contribution in [0.2, 0.25) is 0 Å². The highest BCUT2D eigenvalue weighted by atomic mass is 16.5. The van der Waals surface area contributed by atoms with Gasteiger partial charge in [0.05, 0.1) is 0 Å². The van der Waals surface area contributed by atoms with Gasteiger partial charge in [-0.05, 0) is 24.5 Å². The molecular formula is C11H17NO. The van der Waals surface area contributed by atoms with Crippen molar-refractivity contribution in [3.8, 4) is 5.75 Å². The Morgan fingerprint density at radius 2 is 2.15 bits per heavy atom. The third-order valence-corrected chi connectivity index (χ3v) is 2.04. The topological polar surface area (TPSA) is 35.2 Å². The molecule has 0 atom stereocenters. The normalized spacial score (nSPS) is 10.1. The predicted molar refractivity (Wildman–Crippen MR) is 55.1 cm³/mol. The molecule has 1 aromatic rings. The fourth-order valence-electron chi connectivity index (χ4n) is 1.36. The molecule has 1 rings (SSSR count). The maximum atomic E-state index is 5.58. The van der Waals surface area contributed by atoms with Crippen LogP contribution in [-0.2, 0) is 6.42 Å². The van der Waals surface area contributed by atoms with Gasteiger partial charge in [-0.15, -0.1) is 0 Å². The molecule has 0 spiro atoms. The van der Waals surface area contributed by atoms with Gasteiger partial charge in [0.1, 0.15) is 12.4 Å². The Labute approximate surface area is 79.7 Å². The van der Waals surface area contributed by atoms with Gasteiger partial charge in [0, 0.05) is 6.54 Å². The number of hydrogen-bond donors (Lipinski definition) is 1. The summed E-state index contributed by atoms with van der Waals surface area (Å²) in [6, 6.07) is 6.22. The molecule has 0 saturated carbocycles. The molecule has 0 unspecified atom stereocenters. The van der Waals surface area contributed by atoms with Gasteiger partial charge < -0.3 is 10.5 Å². The van der Waals surface area contributed by atoms with Crippen LogP contribution in [0, 0.1) is 6.92 Å². The average Bonchev–Trinajstić information content (AvgIpc) is 2.15. The van der Waals surface area contributed by atoms with Gasteiger partial charge >= 0.3 is 0 Å². The first-order valence-electron chi connectivity index (χ1n) is 4.71. The molecule has 0 bridgehead atoms. The number of para-hydroxylation sites is 1. The summed E-state index contributed by atoms with van der Waals surface area (Å²) >= 11 is 0. The second kappa shape index (κ2) is 4.87. The van der Waals surface area contributed by atoms with Crippen LogP contribution in [0.25, 0.3) is 0 Å². The quantitative estimate of drug-likeness (QED) is 0.766. The van der Waals surface area contributed by atoms with Crippen LogP contribution in [0.4, 0.5) is 0 Å². The average molecular weight is 179 g/mol. The van der Waals surface area contributed by atoms with Gasteiger partial charge in [0.2, 0.25) is 0 Å². The van der Waals surface area contributed by atoms with Crippen molar-refractivity contribution in [2.24, 2.45) is 5.73 Å². The summed E-state index contributed by atoms with van der Waals surface area (Å²) < 4.78 is 5.58. The summed E-state index contributed by atoms with van der Waals surface area (Å²) in [6.07, 6.45) is 1.00. The molecule has 13 heavy (non-hydrogen) atoms. The first kappa shape index (κ1) is 10.1. The SMILES string of the molecule is CCc1cccc(C)c1OCCN.